The van der Waals surface area contributed by atoms with Crippen molar-refractivity contribution in [2.24, 2.45) is 0 Å². The maximum absolute atomic E-state index is 11.4. The van der Waals surface area contributed by atoms with E-state index in [1.165, 1.54) is 16.8 Å². The predicted octanol–water partition coefficient (Wildman–Crippen LogP) is -0.0971. The van der Waals surface area contributed by atoms with Crippen molar-refractivity contribution < 1.29 is 14.6 Å². The van der Waals surface area contributed by atoms with Gasteiger partial charge in [-0.3, -0.25) is 4.79 Å². The third-order valence-corrected chi connectivity index (χ3v) is 2.30. The van der Waals surface area contributed by atoms with Crippen LogP contribution in [0.3, 0.4) is 0 Å². The second-order valence-electron chi connectivity index (χ2n) is 3.32. The number of rotatable bonds is 2. The smallest absolute Gasteiger partial charge is 0.356 e. The summed E-state index contributed by atoms with van der Waals surface area (Å²) in [7, 11) is 0. The van der Waals surface area contributed by atoms with Gasteiger partial charge in [0.05, 0.1) is 12.6 Å². The molecule has 1 aromatic heterocycles. The van der Waals surface area contributed by atoms with Crippen LogP contribution in [0.2, 0.25) is 0 Å². The number of hydrogen-bond donors (Lipinski definition) is 1. The van der Waals surface area contributed by atoms with Crippen LogP contribution in [0.25, 0.3) is 0 Å². The first kappa shape index (κ1) is 9.85. The summed E-state index contributed by atoms with van der Waals surface area (Å²) in [6.07, 6.45) is 0.690. The van der Waals surface area contributed by atoms with Crippen LogP contribution in [0.5, 0.6) is 0 Å². The Morgan fingerprint density at radius 3 is 3.00 bits per heavy atom. The molecule has 0 radical (unpaired) electrons. The molecule has 6 heteroatoms. The number of hydrogen-bond acceptors (Lipinski definition) is 4. The molecule has 80 valence electrons. The van der Waals surface area contributed by atoms with Crippen molar-refractivity contribution in [1.82, 2.24) is 9.78 Å². The molecule has 0 saturated carbocycles. The summed E-state index contributed by atoms with van der Waals surface area (Å²) in [6.45, 7) is 0.992. The molecular formula is C9H10N2O4. The van der Waals surface area contributed by atoms with Crippen LogP contribution in [0, 0.1) is 0 Å². The van der Waals surface area contributed by atoms with E-state index in [0.29, 0.717) is 19.6 Å². The molecule has 2 heterocycles. The highest BCUT2D eigenvalue weighted by atomic mass is 16.5. The second kappa shape index (κ2) is 3.82. The average Bonchev–Trinajstić information content (AvgIpc) is 2.71. The first-order valence-corrected chi connectivity index (χ1v) is 4.59. The number of aromatic carboxylic acids is 1. The maximum Gasteiger partial charge on any atom is 0.356 e. The van der Waals surface area contributed by atoms with Crippen LogP contribution in [-0.4, -0.2) is 34.1 Å². The Balaban J connectivity index is 2.40. The molecule has 1 unspecified atom stereocenters. The Labute approximate surface area is 85.1 Å². The fraction of sp³-hybridized carbons (Fsp3) is 0.444. The summed E-state index contributed by atoms with van der Waals surface area (Å²) in [5.74, 6) is -1.14. The Kier molecular flexibility index (Phi) is 2.51. The Hall–Kier alpha value is -1.69. The molecule has 0 bridgehead atoms. The van der Waals surface area contributed by atoms with Crippen molar-refractivity contribution in [1.29, 1.82) is 0 Å². The molecule has 0 amide bonds. The number of carboxylic acid groups (broad SMARTS) is 1. The first-order valence-electron chi connectivity index (χ1n) is 4.59. The monoisotopic (exact) mass is 210 g/mol. The number of carboxylic acids is 1. The van der Waals surface area contributed by atoms with Gasteiger partial charge in [-0.25, -0.2) is 9.48 Å². The van der Waals surface area contributed by atoms with Gasteiger partial charge in [0, 0.05) is 12.7 Å². The molecule has 0 aliphatic carbocycles. The third-order valence-electron chi connectivity index (χ3n) is 2.30. The van der Waals surface area contributed by atoms with Gasteiger partial charge in [-0.2, -0.15) is 5.10 Å². The Bertz CT molecular complexity index is 434. The van der Waals surface area contributed by atoms with Crippen molar-refractivity contribution in [2.75, 3.05) is 13.2 Å². The van der Waals surface area contributed by atoms with E-state index in [-0.39, 0.29) is 17.3 Å². The summed E-state index contributed by atoms with van der Waals surface area (Å²) < 4.78 is 6.31. The van der Waals surface area contributed by atoms with Crippen LogP contribution in [0.15, 0.2) is 16.9 Å². The van der Waals surface area contributed by atoms with E-state index in [4.69, 9.17) is 9.84 Å². The van der Waals surface area contributed by atoms with E-state index < -0.39 is 5.97 Å². The van der Waals surface area contributed by atoms with Gasteiger partial charge in [-0.05, 0) is 12.5 Å². The number of carbonyl (C=O) groups is 1. The van der Waals surface area contributed by atoms with Gasteiger partial charge in [0.1, 0.15) is 0 Å². The molecule has 15 heavy (non-hydrogen) atoms. The summed E-state index contributed by atoms with van der Waals surface area (Å²) in [5.41, 5.74) is -0.419. The molecule has 0 aromatic carbocycles. The van der Waals surface area contributed by atoms with Crippen LogP contribution >= 0.6 is 0 Å². The number of ether oxygens (including phenoxy) is 1. The zero-order valence-electron chi connectivity index (χ0n) is 7.92. The Morgan fingerprint density at radius 1 is 1.60 bits per heavy atom. The highest BCUT2D eigenvalue weighted by Gasteiger charge is 2.20. The lowest BCUT2D eigenvalue weighted by atomic mass is 10.2. The van der Waals surface area contributed by atoms with E-state index >= 15 is 0 Å². The molecule has 1 saturated heterocycles. The number of aromatic nitrogens is 2. The van der Waals surface area contributed by atoms with Crippen molar-refractivity contribution in [3.63, 3.8) is 0 Å². The first-order chi connectivity index (χ1) is 7.18. The standard InChI is InChI=1S/C9H10N2O4/c12-8-2-1-7(9(13)14)10-11(8)6-3-4-15-5-6/h1-2,6H,3-5H2,(H,13,14). The van der Waals surface area contributed by atoms with Gasteiger partial charge in [-0.1, -0.05) is 0 Å². The van der Waals surface area contributed by atoms with Gasteiger partial charge in [0.2, 0.25) is 0 Å². The van der Waals surface area contributed by atoms with Gasteiger partial charge >= 0.3 is 5.97 Å². The normalized spacial score (nSPS) is 20.4. The quantitative estimate of drug-likeness (QED) is 0.737. The lowest BCUT2D eigenvalue weighted by molar-refractivity contribution is 0.0686. The molecule has 6 nitrogen and oxygen atoms in total. The average molecular weight is 210 g/mol. The minimum absolute atomic E-state index is 0.124. The SMILES string of the molecule is O=C(O)c1ccc(=O)n(C2CCOC2)n1. The van der Waals surface area contributed by atoms with E-state index in [1.807, 2.05) is 0 Å². The molecule has 1 atom stereocenters. The van der Waals surface area contributed by atoms with E-state index in [2.05, 4.69) is 5.10 Å². The van der Waals surface area contributed by atoms with E-state index in [1.54, 1.807) is 0 Å². The molecule has 1 fully saturated rings. The highest BCUT2D eigenvalue weighted by molar-refractivity contribution is 5.84. The molecular weight excluding hydrogens is 200 g/mol. The van der Waals surface area contributed by atoms with Crippen molar-refractivity contribution in [3.8, 4) is 0 Å². The molecule has 1 aromatic rings. The zero-order chi connectivity index (χ0) is 10.8. The maximum atomic E-state index is 11.4. The van der Waals surface area contributed by atoms with Crippen molar-refractivity contribution in [2.45, 2.75) is 12.5 Å². The molecule has 1 aliphatic heterocycles. The molecule has 0 spiro atoms. The highest BCUT2D eigenvalue weighted by Crippen LogP contribution is 2.15. The van der Waals surface area contributed by atoms with E-state index in [0.717, 1.165) is 0 Å². The van der Waals surface area contributed by atoms with Gasteiger partial charge < -0.3 is 9.84 Å². The predicted molar refractivity (Wildman–Crippen MR) is 49.9 cm³/mol. The summed E-state index contributed by atoms with van der Waals surface area (Å²) in [5, 5.41) is 12.5. The Morgan fingerprint density at radius 2 is 2.40 bits per heavy atom. The molecule has 1 aliphatic rings. The third kappa shape index (κ3) is 1.89. The topological polar surface area (TPSA) is 81.4 Å². The minimum Gasteiger partial charge on any atom is -0.476 e. The van der Waals surface area contributed by atoms with Gasteiger partial charge in [0.25, 0.3) is 5.56 Å². The van der Waals surface area contributed by atoms with Crippen LogP contribution in [0.1, 0.15) is 23.0 Å². The second-order valence-corrected chi connectivity index (χ2v) is 3.32. The summed E-state index contributed by atoms with van der Waals surface area (Å²) in [4.78, 5) is 22.1. The van der Waals surface area contributed by atoms with Crippen LogP contribution < -0.4 is 5.56 Å². The minimum atomic E-state index is -1.14. The van der Waals surface area contributed by atoms with Crippen molar-refractivity contribution >= 4 is 5.97 Å². The largest absolute Gasteiger partial charge is 0.476 e. The number of nitrogens with zero attached hydrogens (tertiary/aromatic N) is 2. The summed E-state index contributed by atoms with van der Waals surface area (Å²) in [6, 6.07) is 2.28. The fourth-order valence-electron chi connectivity index (χ4n) is 1.52. The van der Waals surface area contributed by atoms with Gasteiger partial charge in [0.15, 0.2) is 5.69 Å². The lowest BCUT2D eigenvalue weighted by Crippen LogP contribution is -2.28. The van der Waals surface area contributed by atoms with Crippen LogP contribution in [-0.2, 0) is 4.74 Å². The molecule has 2 rings (SSSR count). The van der Waals surface area contributed by atoms with Gasteiger partial charge in [-0.15, -0.1) is 0 Å². The van der Waals surface area contributed by atoms with Crippen molar-refractivity contribution in [3.05, 3.63) is 28.2 Å². The molecule has 1 N–H and O–H groups in total. The summed E-state index contributed by atoms with van der Waals surface area (Å²) >= 11 is 0. The van der Waals surface area contributed by atoms with Crippen LogP contribution in [0.4, 0.5) is 0 Å². The fourth-order valence-corrected chi connectivity index (χ4v) is 1.52. The zero-order valence-corrected chi connectivity index (χ0v) is 7.92. The van der Waals surface area contributed by atoms with E-state index in [9.17, 15) is 9.59 Å². The lowest BCUT2D eigenvalue weighted by Gasteiger charge is -2.10.